The summed E-state index contributed by atoms with van der Waals surface area (Å²) in [5.41, 5.74) is 5.34. The molecule has 1 aromatic heterocycles. The van der Waals surface area contributed by atoms with Crippen LogP contribution in [0.4, 0.5) is 0 Å². The molecule has 1 rings (SSSR count). The SMILES string of the molecule is CCCc1ccc([C@@H](O)CN)s1. The van der Waals surface area contributed by atoms with Crippen molar-refractivity contribution in [1.29, 1.82) is 0 Å². The second kappa shape index (κ2) is 4.60. The van der Waals surface area contributed by atoms with Gasteiger partial charge in [0.15, 0.2) is 0 Å². The van der Waals surface area contributed by atoms with Crippen molar-refractivity contribution in [3.8, 4) is 0 Å². The average Bonchev–Trinajstić information content (AvgIpc) is 2.52. The van der Waals surface area contributed by atoms with E-state index in [0.717, 1.165) is 17.7 Å². The molecule has 1 aromatic rings. The summed E-state index contributed by atoms with van der Waals surface area (Å²) in [5.74, 6) is 0. The van der Waals surface area contributed by atoms with Crippen LogP contribution < -0.4 is 5.73 Å². The zero-order valence-corrected chi connectivity index (χ0v) is 8.10. The van der Waals surface area contributed by atoms with Gasteiger partial charge >= 0.3 is 0 Å². The van der Waals surface area contributed by atoms with Gasteiger partial charge in [0.1, 0.15) is 6.10 Å². The third-order valence-corrected chi connectivity index (χ3v) is 2.98. The molecule has 0 fully saturated rings. The van der Waals surface area contributed by atoms with Gasteiger partial charge in [0.05, 0.1) is 0 Å². The van der Waals surface area contributed by atoms with Crippen molar-refractivity contribution in [3.05, 3.63) is 21.9 Å². The fraction of sp³-hybridized carbons (Fsp3) is 0.556. The Morgan fingerprint density at radius 1 is 1.58 bits per heavy atom. The highest BCUT2D eigenvalue weighted by Crippen LogP contribution is 2.23. The van der Waals surface area contributed by atoms with E-state index in [9.17, 15) is 5.11 Å². The largest absolute Gasteiger partial charge is 0.386 e. The van der Waals surface area contributed by atoms with Crippen molar-refractivity contribution < 1.29 is 5.11 Å². The second-order valence-corrected chi connectivity index (χ2v) is 4.01. The van der Waals surface area contributed by atoms with E-state index in [0.29, 0.717) is 6.54 Å². The summed E-state index contributed by atoms with van der Waals surface area (Å²) in [6.07, 6.45) is 1.78. The van der Waals surface area contributed by atoms with Crippen LogP contribution >= 0.6 is 11.3 Å². The normalized spacial score (nSPS) is 13.2. The fourth-order valence-corrected chi connectivity index (χ4v) is 2.18. The molecule has 0 saturated heterocycles. The van der Waals surface area contributed by atoms with Gasteiger partial charge in [-0.2, -0.15) is 0 Å². The highest BCUT2D eigenvalue weighted by Gasteiger charge is 2.07. The fourth-order valence-electron chi connectivity index (χ4n) is 1.07. The van der Waals surface area contributed by atoms with Crippen molar-refractivity contribution in [2.24, 2.45) is 5.73 Å². The minimum absolute atomic E-state index is 0.312. The lowest BCUT2D eigenvalue weighted by atomic mass is 10.2. The number of aliphatic hydroxyl groups is 1. The van der Waals surface area contributed by atoms with E-state index in [2.05, 4.69) is 13.0 Å². The second-order valence-electron chi connectivity index (χ2n) is 2.81. The van der Waals surface area contributed by atoms with E-state index in [1.54, 1.807) is 11.3 Å². The van der Waals surface area contributed by atoms with Crippen molar-refractivity contribution >= 4 is 11.3 Å². The Morgan fingerprint density at radius 2 is 2.33 bits per heavy atom. The standard InChI is InChI=1S/C9H15NOS/c1-2-3-7-4-5-9(12-7)8(11)6-10/h4-5,8,11H,2-3,6,10H2,1H3/t8-/m0/s1. The number of hydrogen-bond acceptors (Lipinski definition) is 3. The van der Waals surface area contributed by atoms with E-state index >= 15 is 0 Å². The summed E-state index contributed by atoms with van der Waals surface area (Å²) in [4.78, 5) is 2.32. The summed E-state index contributed by atoms with van der Waals surface area (Å²) in [5, 5.41) is 9.40. The van der Waals surface area contributed by atoms with Gasteiger partial charge in [0, 0.05) is 16.3 Å². The van der Waals surface area contributed by atoms with Gasteiger partial charge in [-0.1, -0.05) is 13.3 Å². The summed E-state index contributed by atoms with van der Waals surface area (Å²) < 4.78 is 0. The van der Waals surface area contributed by atoms with Crippen LogP contribution in [0.15, 0.2) is 12.1 Å². The van der Waals surface area contributed by atoms with Crippen molar-refractivity contribution in [2.45, 2.75) is 25.9 Å². The number of rotatable bonds is 4. The number of hydrogen-bond donors (Lipinski definition) is 2. The van der Waals surface area contributed by atoms with E-state index in [1.165, 1.54) is 4.88 Å². The van der Waals surface area contributed by atoms with Gasteiger partial charge in [-0.15, -0.1) is 11.3 Å². The maximum absolute atomic E-state index is 9.40. The van der Waals surface area contributed by atoms with Gasteiger partial charge in [0.25, 0.3) is 0 Å². The van der Waals surface area contributed by atoms with Gasteiger partial charge in [-0.3, -0.25) is 0 Å². The smallest absolute Gasteiger partial charge is 0.100 e. The van der Waals surface area contributed by atoms with Crippen LogP contribution in [0.25, 0.3) is 0 Å². The predicted molar refractivity (Wildman–Crippen MR) is 52.3 cm³/mol. The Kier molecular flexibility index (Phi) is 3.72. The summed E-state index contributed by atoms with van der Waals surface area (Å²) in [6.45, 7) is 2.46. The Bertz CT molecular complexity index is 234. The topological polar surface area (TPSA) is 46.2 Å². The molecule has 0 aliphatic heterocycles. The molecule has 0 spiro atoms. The molecule has 1 atom stereocenters. The minimum Gasteiger partial charge on any atom is -0.386 e. The lowest BCUT2D eigenvalue weighted by Gasteiger charge is -2.02. The number of aliphatic hydroxyl groups excluding tert-OH is 1. The number of thiophene rings is 1. The molecule has 0 aliphatic carbocycles. The van der Waals surface area contributed by atoms with Crippen molar-refractivity contribution in [3.63, 3.8) is 0 Å². The molecule has 0 radical (unpaired) electrons. The van der Waals surface area contributed by atoms with Crippen molar-refractivity contribution in [2.75, 3.05) is 6.54 Å². The lowest BCUT2D eigenvalue weighted by molar-refractivity contribution is 0.190. The van der Waals surface area contributed by atoms with Crippen molar-refractivity contribution in [1.82, 2.24) is 0 Å². The summed E-state index contributed by atoms with van der Waals surface area (Å²) >= 11 is 1.66. The molecule has 2 nitrogen and oxygen atoms in total. The predicted octanol–water partition coefficient (Wildman–Crippen LogP) is 1.69. The highest BCUT2D eigenvalue weighted by atomic mass is 32.1. The first-order chi connectivity index (χ1) is 5.77. The van der Waals surface area contributed by atoms with Gasteiger partial charge in [-0.25, -0.2) is 0 Å². The number of nitrogens with two attached hydrogens (primary N) is 1. The molecule has 0 bridgehead atoms. The molecule has 12 heavy (non-hydrogen) atoms. The molecule has 0 aliphatic rings. The maximum Gasteiger partial charge on any atom is 0.100 e. The van der Waals surface area contributed by atoms with E-state index < -0.39 is 6.10 Å². The highest BCUT2D eigenvalue weighted by molar-refractivity contribution is 7.12. The lowest BCUT2D eigenvalue weighted by Crippen LogP contribution is -2.09. The molecule has 3 heteroatoms. The third-order valence-electron chi connectivity index (χ3n) is 1.73. The molecular formula is C9H15NOS. The van der Waals surface area contributed by atoms with E-state index in [-0.39, 0.29) is 0 Å². The van der Waals surface area contributed by atoms with Crippen LogP contribution in [0, 0.1) is 0 Å². The monoisotopic (exact) mass is 185 g/mol. The first-order valence-electron chi connectivity index (χ1n) is 4.24. The van der Waals surface area contributed by atoms with Crippen LogP contribution in [0.5, 0.6) is 0 Å². The first kappa shape index (κ1) is 9.71. The van der Waals surface area contributed by atoms with Crippen LogP contribution in [0.1, 0.15) is 29.2 Å². The molecule has 0 amide bonds. The molecule has 0 unspecified atom stereocenters. The quantitative estimate of drug-likeness (QED) is 0.750. The zero-order chi connectivity index (χ0) is 8.97. The molecule has 0 saturated carbocycles. The summed E-state index contributed by atoms with van der Waals surface area (Å²) in [7, 11) is 0. The van der Waals surface area contributed by atoms with Gasteiger partial charge in [0.2, 0.25) is 0 Å². The zero-order valence-electron chi connectivity index (χ0n) is 7.29. The first-order valence-corrected chi connectivity index (χ1v) is 5.06. The Labute approximate surface area is 77.0 Å². The Hall–Kier alpha value is -0.380. The molecule has 1 heterocycles. The average molecular weight is 185 g/mol. The van der Waals surface area contributed by atoms with E-state index in [4.69, 9.17) is 5.73 Å². The van der Waals surface area contributed by atoms with Crippen LogP contribution in [0.2, 0.25) is 0 Å². The Morgan fingerprint density at radius 3 is 2.92 bits per heavy atom. The molecular weight excluding hydrogens is 170 g/mol. The third kappa shape index (κ3) is 2.30. The molecule has 0 aromatic carbocycles. The van der Waals surface area contributed by atoms with Crippen LogP contribution in [-0.2, 0) is 6.42 Å². The minimum atomic E-state index is -0.472. The maximum atomic E-state index is 9.40. The number of aryl methyl sites for hydroxylation is 1. The van der Waals surface area contributed by atoms with Crippen LogP contribution in [0.3, 0.4) is 0 Å². The molecule has 3 N–H and O–H groups in total. The van der Waals surface area contributed by atoms with Gasteiger partial charge in [-0.05, 0) is 18.6 Å². The summed E-state index contributed by atoms with van der Waals surface area (Å²) in [6, 6.07) is 4.04. The molecule has 68 valence electrons. The van der Waals surface area contributed by atoms with Crippen LogP contribution in [-0.4, -0.2) is 11.7 Å². The Balaban J connectivity index is 2.63. The van der Waals surface area contributed by atoms with Gasteiger partial charge < -0.3 is 10.8 Å². The van der Waals surface area contributed by atoms with E-state index in [1.807, 2.05) is 6.07 Å².